The van der Waals surface area contributed by atoms with Gasteiger partial charge in [-0.05, 0) is 25.8 Å². The van der Waals surface area contributed by atoms with Gasteiger partial charge < -0.3 is 15.1 Å². The van der Waals surface area contributed by atoms with Crippen LogP contribution in [0.15, 0.2) is 30.3 Å². The van der Waals surface area contributed by atoms with Gasteiger partial charge in [-0.3, -0.25) is 14.4 Å². The smallest absolute Gasteiger partial charge is 0.237 e. The number of hydrogen-bond acceptors (Lipinski definition) is 3. The summed E-state index contributed by atoms with van der Waals surface area (Å²) in [6, 6.07) is 9.89. The van der Waals surface area contributed by atoms with E-state index < -0.39 is 5.41 Å². The van der Waals surface area contributed by atoms with E-state index in [9.17, 15) is 14.4 Å². The van der Waals surface area contributed by atoms with Gasteiger partial charge in [-0.15, -0.1) is 0 Å². The van der Waals surface area contributed by atoms with Gasteiger partial charge in [0.25, 0.3) is 0 Å². The fraction of sp³-hybridized carbons (Fsp3) is 0.500. The number of piperazine rings is 1. The predicted molar refractivity (Wildman–Crippen MR) is 91.2 cm³/mol. The maximum absolute atomic E-state index is 12.6. The summed E-state index contributed by atoms with van der Waals surface area (Å²) < 4.78 is 0. The number of rotatable bonds is 6. The van der Waals surface area contributed by atoms with Crippen molar-refractivity contribution >= 4 is 18.2 Å². The summed E-state index contributed by atoms with van der Waals surface area (Å²) in [4.78, 5) is 39.1. The number of carbonyl (C=O) groups excluding carboxylic acids is 3. The Morgan fingerprint density at radius 3 is 2.33 bits per heavy atom. The summed E-state index contributed by atoms with van der Waals surface area (Å²) in [6.45, 7) is 5.77. The second-order valence-corrected chi connectivity index (χ2v) is 6.55. The summed E-state index contributed by atoms with van der Waals surface area (Å²) in [5.74, 6) is -0.452. The molecule has 6 heteroatoms. The molecule has 0 atom stereocenters. The molecule has 1 fully saturated rings. The molecular weight excluding hydrogens is 306 g/mol. The second-order valence-electron chi connectivity index (χ2n) is 6.55. The minimum Gasteiger partial charge on any atom is -0.355 e. The molecule has 0 aliphatic carbocycles. The highest BCUT2D eigenvalue weighted by Crippen LogP contribution is 2.20. The lowest BCUT2D eigenvalue weighted by Gasteiger charge is -2.36. The average molecular weight is 331 g/mol. The standard InChI is InChI=1S/C18H25N3O3/c1-18(2,17(24)21-12-10-20(14-22)11-13-21)16(23)19-9-8-15-6-4-3-5-7-15/h3-7,14H,8-13H2,1-2H3,(H,19,23). The summed E-state index contributed by atoms with van der Waals surface area (Å²) in [5, 5.41) is 2.86. The molecule has 1 heterocycles. The van der Waals surface area contributed by atoms with E-state index in [1.165, 1.54) is 0 Å². The van der Waals surface area contributed by atoms with Crippen LogP contribution in [0.3, 0.4) is 0 Å². The Bertz CT molecular complexity index is 578. The molecule has 6 nitrogen and oxygen atoms in total. The van der Waals surface area contributed by atoms with E-state index in [1.54, 1.807) is 23.6 Å². The van der Waals surface area contributed by atoms with Crippen LogP contribution in [-0.4, -0.2) is 60.7 Å². The van der Waals surface area contributed by atoms with E-state index in [-0.39, 0.29) is 11.8 Å². The van der Waals surface area contributed by atoms with E-state index >= 15 is 0 Å². The fourth-order valence-electron chi connectivity index (χ4n) is 2.71. The van der Waals surface area contributed by atoms with Crippen LogP contribution < -0.4 is 5.32 Å². The van der Waals surface area contributed by atoms with Crippen molar-refractivity contribution in [1.29, 1.82) is 0 Å². The zero-order valence-corrected chi connectivity index (χ0v) is 14.3. The summed E-state index contributed by atoms with van der Waals surface area (Å²) in [7, 11) is 0. The molecule has 1 aromatic carbocycles. The molecule has 0 spiro atoms. The first-order valence-corrected chi connectivity index (χ1v) is 8.26. The highest BCUT2D eigenvalue weighted by Gasteiger charge is 2.39. The molecule has 0 unspecified atom stereocenters. The number of benzene rings is 1. The van der Waals surface area contributed by atoms with Crippen molar-refractivity contribution in [3.63, 3.8) is 0 Å². The fourth-order valence-corrected chi connectivity index (χ4v) is 2.71. The van der Waals surface area contributed by atoms with E-state index in [1.807, 2.05) is 30.3 Å². The van der Waals surface area contributed by atoms with Crippen molar-refractivity contribution in [1.82, 2.24) is 15.1 Å². The van der Waals surface area contributed by atoms with Crippen molar-refractivity contribution in [2.24, 2.45) is 5.41 Å². The first-order chi connectivity index (χ1) is 11.4. The van der Waals surface area contributed by atoms with Crippen molar-refractivity contribution < 1.29 is 14.4 Å². The number of carbonyl (C=O) groups is 3. The Hall–Kier alpha value is -2.37. The third-order valence-corrected chi connectivity index (χ3v) is 4.39. The lowest BCUT2D eigenvalue weighted by molar-refractivity contribution is -0.150. The molecule has 2 rings (SSSR count). The van der Waals surface area contributed by atoms with Gasteiger partial charge in [0.15, 0.2) is 0 Å². The van der Waals surface area contributed by atoms with Gasteiger partial charge >= 0.3 is 0 Å². The minimum absolute atomic E-state index is 0.190. The van der Waals surface area contributed by atoms with Gasteiger partial charge in [0.2, 0.25) is 18.2 Å². The molecule has 0 saturated carbocycles. The lowest BCUT2D eigenvalue weighted by Crippen LogP contribution is -2.55. The zero-order chi connectivity index (χ0) is 17.6. The molecular formula is C18H25N3O3. The van der Waals surface area contributed by atoms with Gasteiger partial charge in [-0.25, -0.2) is 0 Å². The Morgan fingerprint density at radius 2 is 1.75 bits per heavy atom. The first-order valence-electron chi connectivity index (χ1n) is 8.26. The van der Waals surface area contributed by atoms with Crippen molar-refractivity contribution in [2.75, 3.05) is 32.7 Å². The van der Waals surface area contributed by atoms with E-state index in [2.05, 4.69) is 5.32 Å². The Balaban J connectivity index is 1.85. The Morgan fingerprint density at radius 1 is 1.12 bits per heavy atom. The topological polar surface area (TPSA) is 69.7 Å². The molecule has 1 N–H and O–H groups in total. The van der Waals surface area contributed by atoms with Crippen LogP contribution in [-0.2, 0) is 20.8 Å². The Labute approximate surface area is 142 Å². The second kappa shape index (κ2) is 7.95. The monoisotopic (exact) mass is 331 g/mol. The van der Waals surface area contributed by atoms with Crippen LogP contribution in [0.1, 0.15) is 19.4 Å². The van der Waals surface area contributed by atoms with Crippen LogP contribution in [0.25, 0.3) is 0 Å². The third kappa shape index (κ3) is 4.34. The van der Waals surface area contributed by atoms with E-state index in [0.717, 1.165) is 18.4 Å². The van der Waals surface area contributed by atoms with Crippen molar-refractivity contribution in [3.05, 3.63) is 35.9 Å². The van der Waals surface area contributed by atoms with Crippen molar-refractivity contribution in [3.8, 4) is 0 Å². The van der Waals surface area contributed by atoms with Crippen LogP contribution in [0.2, 0.25) is 0 Å². The molecule has 1 saturated heterocycles. The zero-order valence-electron chi connectivity index (χ0n) is 14.3. The minimum atomic E-state index is -1.11. The van der Waals surface area contributed by atoms with Gasteiger partial charge in [-0.1, -0.05) is 30.3 Å². The SMILES string of the molecule is CC(C)(C(=O)NCCc1ccccc1)C(=O)N1CCN(C=O)CC1. The van der Waals surface area contributed by atoms with Crippen molar-refractivity contribution in [2.45, 2.75) is 20.3 Å². The van der Waals surface area contributed by atoms with Gasteiger partial charge in [0.1, 0.15) is 5.41 Å². The summed E-state index contributed by atoms with van der Waals surface area (Å²) in [5.41, 5.74) is 0.0342. The van der Waals surface area contributed by atoms with Gasteiger partial charge in [0, 0.05) is 32.7 Å². The van der Waals surface area contributed by atoms with Crippen LogP contribution in [0.5, 0.6) is 0 Å². The van der Waals surface area contributed by atoms with Gasteiger partial charge in [0.05, 0.1) is 0 Å². The van der Waals surface area contributed by atoms with Crippen LogP contribution in [0, 0.1) is 5.41 Å². The predicted octanol–water partition coefficient (Wildman–Crippen LogP) is 0.672. The molecule has 0 aromatic heterocycles. The maximum Gasteiger partial charge on any atom is 0.237 e. The quantitative estimate of drug-likeness (QED) is 0.615. The summed E-state index contributed by atoms with van der Waals surface area (Å²) >= 11 is 0. The number of amides is 3. The van der Waals surface area contributed by atoms with E-state index in [4.69, 9.17) is 0 Å². The van der Waals surface area contributed by atoms with E-state index in [0.29, 0.717) is 32.7 Å². The largest absolute Gasteiger partial charge is 0.355 e. The van der Waals surface area contributed by atoms with Crippen LogP contribution in [0.4, 0.5) is 0 Å². The normalized spacial score (nSPS) is 15.1. The molecule has 0 radical (unpaired) electrons. The average Bonchev–Trinajstić information content (AvgIpc) is 2.62. The molecule has 3 amide bonds. The highest BCUT2D eigenvalue weighted by atomic mass is 16.2. The molecule has 24 heavy (non-hydrogen) atoms. The highest BCUT2D eigenvalue weighted by molar-refractivity contribution is 6.04. The first kappa shape index (κ1) is 18.0. The van der Waals surface area contributed by atoms with Crippen LogP contribution >= 0.6 is 0 Å². The summed E-state index contributed by atoms with van der Waals surface area (Å²) in [6.07, 6.45) is 1.53. The maximum atomic E-state index is 12.6. The lowest BCUT2D eigenvalue weighted by atomic mass is 9.90. The van der Waals surface area contributed by atoms with Gasteiger partial charge in [-0.2, -0.15) is 0 Å². The third-order valence-electron chi connectivity index (χ3n) is 4.39. The number of hydrogen-bond donors (Lipinski definition) is 1. The molecule has 1 aromatic rings. The molecule has 0 bridgehead atoms. The Kier molecular flexibility index (Phi) is 5.95. The molecule has 1 aliphatic heterocycles. The molecule has 1 aliphatic rings. The number of nitrogens with one attached hydrogen (secondary N) is 1. The molecule has 130 valence electrons. The number of nitrogens with zero attached hydrogens (tertiary/aromatic N) is 2.